The fourth-order valence-electron chi connectivity index (χ4n) is 3.86. The van der Waals surface area contributed by atoms with Crippen molar-refractivity contribution in [3.8, 4) is 17.0 Å². The van der Waals surface area contributed by atoms with Crippen LogP contribution < -0.4 is 15.0 Å². The Morgan fingerprint density at radius 1 is 1.12 bits per heavy atom. The quantitative estimate of drug-likeness (QED) is 0.614. The van der Waals surface area contributed by atoms with E-state index >= 15 is 0 Å². The average Bonchev–Trinajstić information content (AvgIpc) is 2.82. The highest BCUT2D eigenvalue weighted by molar-refractivity contribution is 5.91. The van der Waals surface area contributed by atoms with Gasteiger partial charge in [0.2, 0.25) is 5.88 Å². The van der Waals surface area contributed by atoms with Crippen LogP contribution in [0.25, 0.3) is 22.2 Å². The zero-order valence-electron chi connectivity index (χ0n) is 19.8. The highest BCUT2D eigenvalue weighted by Gasteiger charge is 2.17. The second-order valence-corrected chi connectivity index (χ2v) is 9.04. The largest absolute Gasteiger partial charge is 0.477 e. The van der Waals surface area contributed by atoms with Crippen LogP contribution in [0.15, 0.2) is 42.7 Å². The Labute approximate surface area is 195 Å². The minimum Gasteiger partial charge on any atom is -0.477 e. The first-order valence-electron chi connectivity index (χ1n) is 11.5. The first-order valence-corrected chi connectivity index (χ1v) is 11.5. The maximum Gasteiger partial charge on any atom is 0.323 e. The summed E-state index contributed by atoms with van der Waals surface area (Å²) in [5.41, 5.74) is 3.45. The molecule has 8 heteroatoms. The zero-order chi connectivity index (χ0) is 23.4. The van der Waals surface area contributed by atoms with Crippen molar-refractivity contribution in [3.63, 3.8) is 0 Å². The van der Waals surface area contributed by atoms with Crippen LogP contribution in [-0.2, 0) is 0 Å². The number of ether oxygens (including phenoxy) is 1. The molecule has 1 aliphatic rings. The number of hydrogen-bond acceptors (Lipinski definition) is 6. The highest BCUT2D eigenvalue weighted by atomic mass is 16.5. The first kappa shape index (κ1) is 22.9. The molecular formula is C25H32N6O2. The summed E-state index contributed by atoms with van der Waals surface area (Å²) in [6, 6.07) is 9.66. The van der Waals surface area contributed by atoms with Gasteiger partial charge >= 0.3 is 6.03 Å². The van der Waals surface area contributed by atoms with Crippen LogP contribution in [0.2, 0.25) is 0 Å². The van der Waals surface area contributed by atoms with Gasteiger partial charge in [0.15, 0.2) is 5.82 Å². The SMILES string of the molecule is CC(C)NC(=O)N(C)c1cnc2ccc(-c3ccc(OCC4CCN(C)CC4)nc3)cc2n1. The number of benzene rings is 1. The molecule has 1 N–H and O–H groups in total. The van der Waals surface area contributed by atoms with Gasteiger partial charge in [0.1, 0.15) is 0 Å². The lowest BCUT2D eigenvalue weighted by atomic mass is 9.98. The van der Waals surface area contributed by atoms with Gasteiger partial charge in [-0.3, -0.25) is 9.88 Å². The van der Waals surface area contributed by atoms with E-state index in [1.807, 2.05) is 50.4 Å². The number of nitrogens with one attached hydrogen (secondary N) is 1. The van der Waals surface area contributed by atoms with Gasteiger partial charge in [-0.15, -0.1) is 0 Å². The van der Waals surface area contributed by atoms with E-state index in [-0.39, 0.29) is 12.1 Å². The van der Waals surface area contributed by atoms with Gasteiger partial charge < -0.3 is 15.0 Å². The van der Waals surface area contributed by atoms with E-state index in [0.29, 0.717) is 24.2 Å². The predicted octanol–water partition coefficient (Wildman–Crippen LogP) is 3.97. The lowest BCUT2D eigenvalue weighted by molar-refractivity contribution is 0.157. The number of carbonyl (C=O) groups is 1. The van der Waals surface area contributed by atoms with Crippen molar-refractivity contribution in [1.82, 2.24) is 25.2 Å². The number of aromatic nitrogens is 3. The lowest BCUT2D eigenvalue weighted by Crippen LogP contribution is -2.41. The Kier molecular flexibility index (Phi) is 7.03. The van der Waals surface area contributed by atoms with Crippen molar-refractivity contribution in [1.29, 1.82) is 0 Å². The third-order valence-electron chi connectivity index (χ3n) is 5.96. The number of anilines is 1. The molecule has 1 saturated heterocycles. The molecule has 0 unspecified atom stereocenters. The molecule has 2 amide bonds. The number of fused-ring (bicyclic) bond motifs is 1. The topological polar surface area (TPSA) is 83.5 Å². The van der Waals surface area contributed by atoms with Gasteiger partial charge in [-0.05, 0) is 76.5 Å². The third-order valence-corrected chi connectivity index (χ3v) is 5.96. The molecule has 174 valence electrons. The number of hydrogen-bond donors (Lipinski definition) is 1. The molecule has 1 aromatic carbocycles. The Balaban J connectivity index is 1.45. The molecule has 0 radical (unpaired) electrons. The molecule has 2 aromatic heterocycles. The minimum absolute atomic E-state index is 0.0452. The molecule has 0 spiro atoms. The summed E-state index contributed by atoms with van der Waals surface area (Å²) < 4.78 is 5.94. The number of nitrogens with zero attached hydrogens (tertiary/aromatic N) is 5. The number of rotatable bonds is 6. The summed E-state index contributed by atoms with van der Waals surface area (Å²) >= 11 is 0. The van der Waals surface area contributed by atoms with Crippen molar-refractivity contribution in [2.75, 3.05) is 38.7 Å². The smallest absolute Gasteiger partial charge is 0.323 e. The molecule has 33 heavy (non-hydrogen) atoms. The Bertz CT molecular complexity index is 1090. The summed E-state index contributed by atoms with van der Waals surface area (Å²) in [6.45, 7) is 6.81. The van der Waals surface area contributed by atoms with E-state index in [1.54, 1.807) is 13.2 Å². The molecule has 0 atom stereocenters. The third kappa shape index (κ3) is 5.76. The van der Waals surface area contributed by atoms with Gasteiger partial charge in [-0.25, -0.2) is 14.8 Å². The van der Waals surface area contributed by atoms with E-state index < -0.39 is 0 Å². The number of pyridine rings is 1. The minimum atomic E-state index is -0.213. The summed E-state index contributed by atoms with van der Waals surface area (Å²) in [4.78, 5) is 29.7. The van der Waals surface area contributed by atoms with Crippen LogP contribution in [-0.4, -0.2) is 65.7 Å². The maximum atomic E-state index is 12.3. The molecule has 0 saturated carbocycles. The molecule has 8 nitrogen and oxygen atoms in total. The fourth-order valence-corrected chi connectivity index (χ4v) is 3.86. The molecule has 1 aliphatic heterocycles. The first-order chi connectivity index (χ1) is 15.9. The number of amides is 2. The Morgan fingerprint density at radius 3 is 2.58 bits per heavy atom. The summed E-state index contributed by atoms with van der Waals surface area (Å²) in [6.07, 6.45) is 5.77. The van der Waals surface area contributed by atoms with Gasteiger partial charge in [0, 0.05) is 30.9 Å². The van der Waals surface area contributed by atoms with Crippen molar-refractivity contribution >= 4 is 22.9 Å². The van der Waals surface area contributed by atoms with Crippen molar-refractivity contribution in [3.05, 3.63) is 42.7 Å². The molecule has 3 heterocycles. The van der Waals surface area contributed by atoms with E-state index in [9.17, 15) is 4.79 Å². The van der Waals surface area contributed by atoms with Gasteiger partial charge in [-0.1, -0.05) is 6.07 Å². The summed E-state index contributed by atoms with van der Waals surface area (Å²) in [7, 11) is 3.85. The second-order valence-electron chi connectivity index (χ2n) is 9.04. The number of urea groups is 1. The summed E-state index contributed by atoms with van der Waals surface area (Å²) in [5.74, 6) is 1.74. The standard InChI is InChI=1S/C25H32N6O2/c1-17(2)28-25(32)31(4)23-15-26-21-7-5-19(13-22(21)29-23)20-6-8-24(27-14-20)33-16-18-9-11-30(3)12-10-18/h5-8,13-15,17-18H,9-12,16H2,1-4H3,(H,28,32). The highest BCUT2D eigenvalue weighted by Crippen LogP contribution is 2.25. The van der Waals surface area contributed by atoms with Crippen LogP contribution in [0.1, 0.15) is 26.7 Å². The van der Waals surface area contributed by atoms with E-state index in [2.05, 4.69) is 32.2 Å². The fraction of sp³-hybridized carbons (Fsp3) is 0.440. The Morgan fingerprint density at radius 2 is 1.88 bits per heavy atom. The molecule has 1 fully saturated rings. The second kappa shape index (κ2) is 10.1. The van der Waals surface area contributed by atoms with Crippen LogP contribution >= 0.6 is 0 Å². The molecule has 4 rings (SSSR count). The normalized spacial score (nSPS) is 15.1. The number of likely N-dealkylation sites (tertiary alicyclic amines) is 1. The lowest BCUT2D eigenvalue weighted by Gasteiger charge is -2.28. The van der Waals surface area contributed by atoms with Crippen LogP contribution in [0, 0.1) is 5.92 Å². The monoisotopic (exact) mass is 448 g/mol. The van der Waals surface area contributed by atoms with Gasteiger partial charge in [0.05, 0.1) is 23.8 Å². The van der Waals surface area contributed by atoms with Crippen molar-refractivity contribution in [2.45, 2.75) is 32.7 Å². The van der Waals surface area contributed by atoms with E-state index in [0.717, 1.165) is 35.2 Å². The van der Waals surface area contributed by atoms with Crippen LogP contribution in [0.3, 0.4) is 0 Å². The molecule has 3 aromatic rings. The van der Waals surface area contributed by atoms with Gasteiger partial charge in [0.25, 0.3) is 0 Å². The molecular weight excluding hydrogens is 416 g/mol. The van der Waals surface area contributed by atoms with Gasteiger partial charge in [-0.2, -0.15) is 0 Å². The van der Waals surface area contributed by atoms with Crippen molar-refractivity contribution in [2.24, 2.45) is 5.92 Å². The van der Waals surface area contributed by atoms with Crippen molar-refractivity contribution < 1.29 is 9.53 Å². The number of piperidine rings is 1. The van der Waals surface area contributed by atoms with E-state index in [1.165, 1.54) is 17.7 Å². The average molecular weight is 449 g/mol. The zero-order valence-corrected chi connectivity index (χ0v) is 19.8. The predicted molar refractivity (Wildman–Crippen MR) is 131 cm³/mol. The molecule has 0 bridgehead atoms. The number of carbonyl (C=O) groups excluding carboxylic acids is 1. The maximum absolute atomic E-state index is 12.3. The van der Waals surface area contributed by atoms with Crippen LogP contribution in [0.5, 0.6) is 5.88 Å². The van der Waals surface area contributed by atoms with E-state index in [4.69, 9.17) is 4.74 Å². The molecule has 0 aliphatic carbocycles. The van der Waals surface area contributed by atoms with Crippen LogP contribution in [0.4, 0.5) is 10.6 Å². The summed E-state index contributed by atoms with van der Waals surface area (Å²) in [5, 5.41) is 2.86. The Hall–Kier alpha value is -3.26.